The maximum atomic E-state index is 11.1. The summed E-state index contributed by atoms with van der Waals surface area (Å²) in [6.07, 6.45) is 5.17. The highest BCUT2D eigenvalue weighted by molar-refractivity contribution is 7.90. The van der Waals surface area contributed by atoms with Gasteiger partial charge in [-0.3, -0.25) is 0 Å². The van der Waals surface area contributed by atoms with Crippen LogP contribution in [0.2, 0.25) is 0 Å². The summed E-state index contributed by atoms with van der Waals surface area (Å²) in [6, 6.07) is 6.61. The molecule has 1 aromatic carbocycles. The minimum absolute atomic E-state index is 0.183. The standard InChI is InChI=1S/C16H25NO3S/c1-3-17-15-9-4-8-14-13(15)7-5-10-16(14)20-11-6-12-21(2,18)19/h5,7,10,15,17H,3-4,6,8-9,11-12H2,1-2H3. The van der Waals surface area contributed by atoms with Crippen molar-refractivity contribution in [1.29, 1.82) is 0 Å². The number of hydrogen-bond donors (Lipinski definition) is 1. The molecule has 0 spiro atoms. The second-order valence-corrected chi connectivity index (χ2v) is 7.92. The molecule has 1 aromatic rings. The summed E-state index contributed by atoms with van der Waals surface area (Å²) in [5, 5.41) is 3.52. The molecule has 2 rings (SSSR count). The van der Waals surface area contributed by atoms with E-state index in [0.717, 1.165) is 25.1 Å². The van der Waals surface area contributed by atoms with Gasteiger partial charge in [-0.05, 0) is 49.4 Å². The molecule has 0 bridgehead atoms. The van der Waals surface area contributed by atoms with Gasteiger partial charge in [-0.1, -0.05) is 19.1 Å². The summed E-state index contributed by atoms with van der Waals surface area (Å²) in [6.45, 7) is 3.54. The summed E-state index contributed by atoms with van der Waals surface area (Å²) in [7, 11) is -2.90. The normalized spacial score (nSPS) is 18.3. The molecule has 0 radical (unpaired) electrons. The van der Waals surface area contributed by atoms with Gasteiger partial charge >= 0.3 is 0 Å². The van der Waals surface area contributed by atoms with Gasteiger partial charge in [0.25, 0.3) is 0 Å². The minimum atomic E-state index is -2.90. The molecule has 1 unspecified atom stereocenters. The maximum Gasteiger partial charge on any atom is 0.147 e. The molecular formula is C16H25NO3S. The predicted molar refractivity (Wildman–Crippen MR) is 85.6 cm³/mol. The van der Waals surface area contributed by atoms with E-state index in [2.05, 4.69) is 18.3 Å². The molecule has 0 saturated heterocycles. The Labute approximate surface area is 127 Å². The summed E-state index contributed by atoms with van der Waals surface area (Å²) in [5.74, 6) is 1.10. The van der Waals surface area contributed by atoms with Gasteiger partial charge in [-0.25, -0.2) is 8.42 Å². The number of rotatable bonds is 7. The van der Waals surface area contributed by atoms with Gasteiger partial charge in [-0.15, -0.1) is 0 Å². The van der Waals surface area contributed by atoms with E-state index in [1.165, 1.54) is 23.8 Å². The van der Waals surface area contributed by atoms with Crippen molar-refractivity contribution >= 4 is 9.84 Å². The molecule has 1 aliphatic carbocycles. The van der Waals surface area contributed by atoms with Crippen molar-refractivity contribution in [2.45, 2.75) is 38.6 Å². The Hall–Kier alpha value is -1.07. The lowest BCUT2D eigenvalue weighted by Gasteiger charge is -2.27. The van der Waals surface area contributed by atoms with E-state index in [1.54, 1.807) is 0 Å². The lowest BCUT2D eigenvalue weighted by atomic mass is 9.87. The first-order valence-electron chi connectivity index (χ1n) is 7.67. The minimum Gasteiger partial charge on any atom is -0.493 e. The fourth-order valence-corrected chi connectivity index (χ4v) is 3.55. The largest absolute Gasteiger partial charge is 0.493 e. The lowest BCUT2D eigenvalue weighted by molar-refractivity contribution is 0.311. The van der Waals surface area contributed by atoms with Crippen LogP contribution in [-0.2, 0) is 16.3 Å². The monoisotopic (exact) mass is 311 g/mol. The zero-order valence-electron chi connectivity index (χ0n) is 12.9. The third kappa shape index (κ3) is 4.71. The number of ether oxygens (including phenoxy) is 1. The van der Waals surface area contributed by atoms with Gasteiger partial charge in [0.05, 0.1) is 12.4 Å². The third-order valence-corrected chi connectivity index (χ3v) is 4.86. The Morgan fingerprint density at radius 1 is 1.38 bits per heavy atom. The van der Waals surface area contributed by atoms with Crippen LogP contribution in [0.25, 0.3) is 0 Å². The smallest absolute Gasteiger partial charge is 0.147 e. The summed E-state index contributed by atoms with van der Waals surface area (Å²) >= 11 is 0. The van der Waals surface area contributed by atoms with E-state index < -0.39 is 9.84 Å². The van der Waals surface area contributed by atoms with Crippen LogP contribution < -0.4 is 10.1 Å². The number of nitrogens with one attached hydrogen (secondary N) is 1. The van der Waals surface area contributed by atoms with Gasteiger partial charge < -0.3 is 10.1 Å². The molecule has 1 atom stereocenters. The van der Waals surface area contributed by atoms with Crippen molar-refractivity contribution in [3.05, 3.63) is 29.3 Å². The van der Waals surface area contributed by atoms with Crippen LogP contribution in [0, 0.1) is 0 Å². The number of benzene rings is 1. The molecule has 0 saturated carbocycles. The molecular weight excluding hydrogens is 286 g/mol. The van der Waals surface area contributed by atoms with Crippen LogP contribution in [0.3, 0.4) is 0 Å². The Kier molecular flexibility index (Phi) is 5.65. The van der Waals surface area contributed by atoms with E-state index in [4.69, 9.17) is 4.74 Å². The molecule has 21 heavy (non-hydrogen) atoms. The fourth-order valence-electron chi connectivity index (χ4n) is 2.91. The number of sulfone groups is 1. The molecule has 5 heteroatoms. The van der Waals surface area contributed by atoms with Gasteiger partial charge in [0.1, 0.15) is 15.6 Å². The van der Waals surface area contributed by atoms with E-state index in [1.807, 2.05) is 12.1 Å². The summed E-state index contributed by atoms with van der Waals surface area (Å²) < 4.78 is 28.1. The van der Waals surface area contributed by atoms with Gasteiger partial charge in [-0.2, -0.15) is 0 Å². The van der Waals surface area contributed by atoms with Crippen molar-refractivity contribution in [1.82, 2.24) is 5.32 Å². The molecule has 118 valence electrons. The van der Waals surface area contributed by atoms with Gasteiger partial charge in [0.2, 0.25) is 0 Å². The Morgan fingerprint density at radius 3 is 2.90 bits per heavy atom. The molecule has 0 aromatic heterocycles. The summed E-state index contributed by atoms with van der Waals surface area (Å²) in [5.41, 5.74) is 2.62. The molecule has 0 aliphatic heterocycles. The van der Waals surface area contributed by atoms with Crippen molar-refractivity contribution in [3.63, 3.8) is 0 Å². The Morgan fingerprint density at radius 2 is 2.19 bits per heavy atom. The van der Waals surface area contributed by atoms with Crippen LogP contribution in [0.1, 0.15) is 43.4 Å². The number of hydrogen-bond acceptors (Lipinski definition) is 4. The van der Waals surface area contributed by atoms with Crippen LogP contribution in [0.4, 0.5) is 0 Å². The maximum absolute atomic E-state index is 11.1. The third-order valence-electron chi connectivity index (χ3n) is 3.83. The van der Waals surface area contributed by atoms with Crippen molar-refractivity contribution in [2.75, 3.05) is 25.2 Å². The average molecular weight is 311 g/mol. The summed E-state index contributed by atoms with van der Waals surface area (Å²) in [4.78, 5) is 0. The van der Waals surface area contributed by atoms with E-state index in [-0.39, 0.29) is 5.75 Å². The zero-order valence-corrected chi connectivity index (χ0v) is 13.7. The van der Waals surface area contributed by atoms with E-state index in [9.17, 15) is 8.42 Å². The second-order valence-electron chi connectivity index (χ2n) is 5.66. The van der Waals surface area contributed by atoms with Crippen LogP contribution >= 0.6 is 0 Å². The highest BCUT2D eigenvalue weighted by Crippen LogP contribution is 2.35. The van der Waals surface area contributed by atoms with Gasteiger partial charge in [0, 0.05) is 12.3 Å². The molecule has 0 fully saturated rings. The predicted octanol–water partition coefficient (Wildman–Crippen LogP) is 2.49. The Balaban J connectivity index is 2.02. The first-order chi connectivity index (χ1) is 10.0. The quantitative estimate of drug-likeness (QED) is 0.786. The first-order valence-corrected chi connectivity index (χ1v) is 9.73. The van der Waals surface area contributed by atoms with Crippen LogP contribution in [0.15, 0.2) is 18.2 Å². The topological polar surface area (TPSA) is 55.4 Å². The van der Waals surface area contributed by atoms with Gasteiger partial charge in [0.15, 0.2) is 0 Å². The highest BCUT2D eigenvalue weighted by atomic mass is 32.2. The van der Waals surface area contributed by atoms with Crippen molar-refractivity contribution in [2.24, 2.45) is 0 Å². The highest BCUT2D eigenvalue weighted by Gasteiger charge is 2.21. The van der Waals surface area contributed by atoms with Crippen molar-refractivity contribution < 1.29 is 13.2 Å². The van der Waals surface area contributed by atoms with Crippen molar-refractivity contribution in [3.8, 4) is 5.75 Å². The number of fused-ring (bicyclic) bond motifs is 1. The molecule has 1 aliphatic rings. The van der Waals surface area contributed by atoms with Crippen LogP contribution in [-0.4, -0.2) is 33.6 Å². The zero-order chi connectivity index (χ0) is 15.3. The molecule has 1 N–H and O–H groups in total. The molecule has 4 nitrogen and oxygen atoms in total. The van der Waals surface area contributed by atoms with E-state index >= 15 is 0 Å². The average Bonchev–Trinajstić information content (AvgIpc) is 2.43. The fraction of sp³-hybridized carbons (Fsp3) is 0.625. The first kappa shape index (κ1) is 16.3. The SMILES string of the molecule is CCNC1CCCc2c(OCCCS(C)(=O)=O)cccc21. The second kappa shape index (κ2) is 7.27. The molecule has 0 heterocycles. The van der Waals surface area contributed by atoms with Crippen LogP contribution in [0.5, 0.6) is 5.75 Å². The lowest BCUT2D eigenvalue weighted by Crippen LogP contribution is -2.25. The molecule has 0 amide bonds. The van der Waals surface area contributed by atoms with E-state index in [0.29, 0.717) is 19.1 Å². The Bertz CT molecular complexity index is 569.